The maximum absolute atomic E-state index is 9.94. The van der Waals surface area contributed by atoms with Gasteiger partial charge in [-0.25, -0.2) is 0 Å². The molecule has 0 aromatic rings. The Morgan fingerprint density at radius 1 is 0.339 bits per heavy atom. The minimum atomic E-state index is -1.74. The molecule has 5 heterocycles. The molecule has 5 fully saturated rings. The lowest BCUT2D eigenvalue weighted by molar-refractivity contribution is -0.355. The number of hydrogen-bond acceptors (Lipinski definition) is 27. The van der Waals surface area contributed by atoms with E-state index in [1.165, 1.54) is 0 Å². The molecule has 5 rings (SSSR count). The van der Waals surface area contributed by atoms with E-state index >= 15 is 0 Å². The molecule has 27 nitrogen and oxygen atoms in total. The molecule has 24 atom stereocenters. The van der Waals surface area contributed by atoms with E-state index in [9.17, 15) is 71.5 Å². The predicted molar refractivity (Wildman–Crippen MR) is 167 cm³/mol. The van der Waals surface area contributed by atoms with Gasteiger partial charge < -0.3 is 135 Å². The molecule has 0 radical (unpaired) electrons. The lowest BCUT2D eigenvalue weighted by Gasteiger charge is -2.45. The fourth-order valence-electron chi connectivity index (χ4n) is 5.93. The van der Waals surface area contributed by atoms with E-state index in [-0.39, 0.29) is 6.61 Å². The van der Waals surface area contributed by atoms with Crippen molar-refractivity contribution < 1.29 is 135 Å². The molecule has 1 unspecified atom stereocenters. The van der Waals surface area contributed by atoms with Crippen LogP contribution < -0.4 is 0 Å². The zero-order valence-electron chi connectivity index (χ0n) is 29.2. The topological polar surface area (TPSA) is 469 Å². The number of hydrogen-bond donors (Lipinski definition) is 20. The molecule has 20 N–H and O–H groups in total. The lowest BCUT2D eigenvalue weighted by Crippen LogP contribution is -2.64. The van der Waals surface area contributed by atoms with Crippen LogP contribution in [0.3, 0.4) is 0 Å². The molecule has 5 aliphatic rings. The second-order valence-electron chi connectivity index (χ2n) is 13.3. The van der Waals surface area contributed by atoms with Gasteiger partial charge in [0, 0.05) is 0 Å². The van der Waals surface area contributed by atoms with E-state index in [1.807, 2.05) is 0 Å². The van der Waals surface area contributed by atoms with Crippen LogP contribution in [0.2, 0.25) is 0 Å². The quantitative estimate of drug-likeness (QED) is 0.108. The van der Waals surface area contributed by atoms with Crippen LogP contribution in [0.5, 0.6) is 0 Å². The maximum Gasteiger partial charge on any atom is 0.187 e. The highest BCUT2D eigenvalue weighted by atomic mass is 16.7. The normalized spacial score (nSPS) is 51.2. The zero-order chi connectivity index (χ0) is 42.3. The summed E-state index contributed by atoms with van der Waals surface area (Å²) in [5.41, 5.74) is 0. The fourth-order valence-corrected chi connectivity index (χ4v) is 5.93. The van der Waals surface area contributed by atoms with Crippen molar-refractivity contribution in [2.24, 2.45) is 0 Å². The lowest BCUT2D eigenvalue weighted by atomic mass is 9.97. The minimum Gasteiger partial charge on any atom is -0.394 e. The first-order valence-corrected chi connectivity index (χ1v) is 17.1. The summed E-state index contributed by atoms with van der Waals surface area (Å²) in [5, 5.41) is 188. The van der Waals surface area contributed by atoms with Crippen molar-refractivity contribution in [3.8, 4) is 0 Å². The minimum absolute atomic E-state index is 0.153. The molecular weight excluding hydrogens is 780 g/mol. The van der Waals surface area contributed by atoms with Crippen molar-refractivity contribution in [3.63, 3.8) is 0 Å². The van der Waals surface area contributed by atoms with Crippen molar-refractivity contribution in [1.82, 2.24) is 0 Å². The smallest absolute Gasteiger partial charge is 0.187 e. The second-order valence-corrected chi connectivity index (χ2v) is 13.3. The second kappa shape index (κ2) is 22.0. The van der Waals surface area contributed by atoms with Gasteiger partial charge in [0.2, 0.25) is 0 Å². The monoisotopic (exact) mass is 834 g/mol. The number of aliphatic hydroxyl groups is 20. The molecular formula is C29H54O27. The van der Waals surface area contributed by atoms with Crippen molar-refractivity contribution in [1.29, 1.82) is 0 Å². The third-order valence-electron chi connectivity index (χ3n) is 9.43. The van der Waals surface area contributed by atoms with Gasteiger partial charge in [-0.2, -0.15) is 0 Å². The van der Waals surface area contributed by atoms with Crippen LogP contribution in [-0.2, 0) is 33.2 Å². The summed E-state index contributed by atoms with van der Waals surface area (Å²) in [7, 11) is 0. The summed E-state index contributed by atoms with van der Waals surface area (Å²) >= 11 is 0. The molecule has 0 aromatic heterocycles. The molecule has 0 spiro atoms. The van der Waals surface area contributed by atoms with Crippen molar-refractivity contribution in [2.75, 3.05) is 33.0 Å². The Balaban J connectivity index is 0.000000242. The molecule has 5 aliphatic heterocycles. The average Bonchev–Trinajstić information content (AvgIpc) is 3.19. The highest BCUT2D eigenvalue weighted by molar-refractivity contribution is 4.95. The van der Waals surface area contributed by atoms with Crippen molar-refractivity contribution >= 4 is 0 Å². The van der Waals surface area contributed by atoms with Crippen LogP contribution >= 0.6 is 0 Å². The zero-order valence-corrected chi connectivity index (χ0v) is 29.2. The third-order valence-corrected chi connectivity index (χ3v) is 9.43. The van der Waals surface area contributed by atoms with Gasteiger partial charge in [-0.3, -0.25) is 0 Å². The van der Waals surface area contributed by atoms with E-state index in [0.717, 1.165) is 0 Å². The number of ether oxygens (including phenoxy) is 7. The van der Waals surface area contributed by atoms with Gasteiger partial charge in [0.05, 0.1) is 33.0 Å². The van der Waals surface area contributed by atoms with Gasteiger partial charge in [-0.05, 0) is 0 Å². The van der Waals surface area contributed by atoms with E-state index in [0.29, 0.717) is 0 Å². The fraction of sp³-hybridized carbons (Fsp3) is 1.00. The third kappa shape index (κ3) is 11.4. The standard InChI is InChI=1S/2C12H22O11.C5H10O5/c2*13-1-3-5(15)6(16)9(19)12(22-3)23-10-4(2-14)21-11(20)8(18)7(10)17;6-2-1-10-5(9)4(8)3(2)7/h2*3-20H,1-2H2;2-9H,1H2/t3-,4-,5+,6+,7-,8-,9-,10-,11-,12+;3-,4-,5-,6+,7-,8-,9-,10-,11-,12-;2-,3+,4-,5?/m111/s1. The Hall–Kier alpha value is -1.08. The summed E-state index contributed by atoms with van der Waals surface area (Å²) in [5.74, 6) is 0. The summed E-state index contributed by atoms with van der Waals surface area (Å²) in [6, 6.07) is 0. The molecule has 0 aromatic carbocycles. The van der Waals surface area contributed by atoms with Gasteiger partial charge in [0.1, 0.15) is 116 Å². The number of rotatable bonds is 8. The maximum atomic E-state index is 9.94. The molecule has 5 saturated heterocycles. The molecule has 0 bridgehead atoms. The Labute approximate surface area is 316 Å². The van der Waals surface area contributed by atoms with Gasteiger partial charge in [-0.1, -0.05) is 0 Å². The molecule has 0 aliphatic carbocycles. The molecule has 0 saturated carbocycles. The molecule has 27 heteroatoms. The first-order valence-electron chi connectivity index (χ1n) is 17.1. The number of aliphatic hydroxyl groups excluding tert-OH is 20. The van der Waals surface area contributed by atoms with E-state index in [4.69, 9.17) is 59.1 Å². The summed E-state index contributed by atoms with van der Waals surface area (Å²) in [6.45, 7) is -2.84. The van der Waals surface area contributed by atoms with Gasteiger partial charge in [0.25, 0.3) is 0 Å². The van der Waals surface area contributed by atoms with E-state index in [1.54, 1.807) is 0 Å². The van der Waals surface area contributed by atoms with E-state index in [2.05, 4.69) is 4.74 Å². The summed E-state index contributed by atoms with van der Waals surface area (Å²) < 4.78 is 35.0. The van der Waals surface area contributed by atoms with Crippen molar-refractivity contribution in [2.45, 2.75) is 147 Å². The largest absolute Gasteiger partial charge is 0.394 e. The van der Waals surface area contributed by atoms with Crippen LogP contribution in [0.4, 0.5) is 0 Å². The van der Waals surface area contributed by atoms with Crippen LogP contribution in [0, 0.1) is 0 Å². The van der Waals surface area contributed by atoms with Crippen molar-refractivity contribution in [3.05, 3.63) is 0 Å². The first kappa shape index (κ1) is 49.3. The van der Waals surface area contributed by atoms with E-state index < -0.39 is 174 Å². The highest BCUT2D eigenvalue weighted by Gasteiger charge is 2.52. The molecule has 0 amide bonds. The van der Waals surface area contributed by atoms with Crippen LogP contribution in [0.25, 0.3) is 0 Å². The Morgan fingerprint density at radius 3 is 1.00 bits per heavy atom. The Morgan fingerprint density at radius 2 is 0.679 bits per heavy atom. The first-order chi connectivity index (χ1) is 26.2. The predicted octanol–water partition coefficient (Wildman–Crippen LogP) is -13.4. The Bertz CT molecular complexity index is 1040. The van der Waals surface area contributed by atoms with Crippen LogP contribution in [-0.4, -0.2) is 283 Å². The van der Waals surface area contributed by atoms with Gasteiger partial charge >= 0.3 is 0 Å². The van der Waals surface area contributed by atoms with Gasteiger partial charge in [-0.15, -0.1) is 0 Å². The highest BCUT2D eigenvalue weighted by Crippen LogP contribution is 2.30. The summed E-state index contributed by atoms with van der Waals surface area (Å²) in [6.07, 6.45) is -36.4. The summed E-state index contributed by atoms with van der Waals surface area (Å²) in [4.78, 5) is 0. The van der Waals surface area contributed by atoms with Crippen LogP contribution in [0.15, 0.2) is 0 Å². The van der Waals surface area contributed by atoms with Crippen LogP contribution in [0.1, 0.15) is 0 Å². The van der Waals surface area contributed by atoms with Gasteiger partial charge in [0.15, 0.2) is 31.5 Å². The SMILES string of the molecule is OC1OC[C@@H](O)[C@H](O)[C@H]1O.OC[C@H]1O[C@@H](O[C@H]2[C@H](O)[C@@H](O)[C@H](O)O[C@@H]2CO)[C@H](O)[C@@H](O)[C@H]1O.OC[C@H]1O[C@H](O[C@H]2[C@H](O)[C@@H](O)[C@H](O)O[C@@H]2CO)[C@H](O)[C@@H](O)[C@@H]1O. The average molecular weight is 835 g/mol. The Kier molecular flexibility index (Phi) is 19.3. The molecule has 332 valence electrons. The molecule has 56 heavy (non-hydrogen) atoms.